The lowest BCUT2D eigenvalue weighted by Gasteiger charge is -2.11. The van der Waals surface area contributed by atoms with Gasteiger partial charge in [0.2, 0.25) is 5.82 Å². The van der Waals surface area contributed by atoms with E-state index >= 15 is 0 Å². The van der Waals surface area contributed by atoms with E-state index < -0.39 is 11.6 Å². The van der Waals surface area contributed by atoms with E-state index in [0.717, 1.165) is 43.2 Å². The lowest BCUT2D eigenvalue weighted by molar-refractivity contribution is 0.0566. The first kappa shape index (κ1) is 26.5. The van der Waals surface area contributed by atoms with Crippen LogP contribution < -0.4 is 4.74 Å². The maximum absolute atomic E-state index is 14.7. The second kappa shape index (κ2) is 13.7. The molecule has 186 valence electrons. The van der Waals surface area contributed by atoms with Gasteiger partial charge in [-0.1, -0.05) is 44.6 Å². The van der Waals surface area contributed by atoms with Crippen LogP contribution in [-0.2, 0) is 4.74 Å². The van der Waals surface area contributed by atoms with Gasteiger partial charge in [-0.05, 0) is 68.5 Å². The number of halogens is 2. The quantitative estimate of drug-likeness (QED) is 0.174. The Morgan fingerprint density at radius 3 is 2.74 bits per heavy atom. The molecule has 0 aliphatic rings. The molecule has 1 atom stereocenters. The van der Waals surface area contributed by atoms with Gasteiger partial charge < -0.3 is 9.47 Å². The van der Waals surface area contributed by atoms with E-state index in [1.165, 1.54) is 31.1 Å². The van der Waals surface area contributed by atoms with Gasteiger partial charge in [-0.25, -0.2) is 14.4 Å². The Morgan fingerprint density at radius 2 is 1.94 bits per heavy atom. The molecule has 0 spiro atoms. The number of ether oxygens (including phenoxy) is 2. The molecule has 0 N–H and O–H groups in total. The Kier molecular flexibility index (Phi) is 10.4. The van der Waals surface area contributed by atoms with Gasteiger partial charge in [-0.2, -0.15) is 4.39 Å². The number of hydrogen-bond acceptors (Lipinski definition) is 4. The number of nitrogens with zero attached hydrogens (tertiary/aromatic N) is 2. The van der Waals surface area contributed by atoms with Crippen molar-refractivity contribution in [3.63, 3.8) is 0 Å². The topological polar surface area (TPSA) is 44.2 Å². The van der Waals surface area contributed by atoms with Gasteiger partial charge in [0.15, 0.2) is 17.4 Å². The second-order valence-corrected chi connectivity index (χ2v) is 8.56. The van der Waals surface area contributed by atoms with Gasteiger partial charge >= 0.3 is 0 Å². The molecule has 4 nitrogen and oxygen atoms in total. The van der Waals surface area contributed by atoms with Gasteiger partial charge in [-0.3, -0.25) is 0 Å². The molecule has 0 amide bonds. The Labute approximate surface area is 206 Å². The number of benzene rings is 2. The summed E-state index contributed by atoms with van der Waals surface area (Å²) >= 11 is 0. The summed E-state index contributed by atoms with van der Waals surface area (Å²) in [6, 6.07) is 8.21. The summed E-state index contributed by atoms with van der Waals surface area (Å²) < 4.78 is 40.0. The summed E-state index contributed by atoms with van der Waals surface area (Å²) in [5.41, 5.74) is 1.44. The smallest absolute Gasteiger partial charge is 0.201 e. The van der Waals surface area contributed by atoms with Crippen molar-refractivity contribution < 1.29 is 18.3 Å². The van der Waals surface area contributed by atoms with Crippen LogP contribution in [0.2, 0.25) is 0 Å². The molecule has 35 heavy (non-hydrogen) atoms. The number of aromatic nitrogens is 2. The number of allylic oxidation sites excluding steroid dienone is 1. The molecule has 1 unspecified atom stereocenters. The van der Waals surface area contributed by atoms with Crippen molar-refractivity contribution in [2.45, 2.75) is 58.5 Å². The van der Waals surface area contributed by atoms with Gasteiger partial charge in [0.1, 0.15) is 6.61 Å². The standard InChI is InChI=1S/C29H34F2N2O2/c1-4-6-10-18-34-21(3)11-8-7-9-12-27-32-20-23-19-22(13-15-25(23)33-27)24-14-16-26(35-17-5-2)29(31)28(24)30/h5,9,12-16,19-21H,2,4,6-8,10-11,17-18H2,1,3H3/b12-9+. The first-order valence-corrected chi connectivity index (χ1v) is 12.3. The molecule has 1 aromatic heterocycles. The summed E-state index contributed by atoms with van der Waals surface area (Å²) in [5.74, 6) is -1.48. The maximum Gasteiger partial charge on any atom is 0.201 e. The largest absolute Gasteiger partial charge is 0.486 e. The molecule has 0 saturated carbocycles. The third-order valence-electron chi connectivity index (χ3n) is 5.71. The van der Waals surface area contributed by atoms with E-state index in [1.54, 1.807) is 24.4 Å². The molecule has 3 aromatic rings. The van der Waals surface area contributed by atoms with Gasteiger partial charge in [-0.15, -0.1) is 0 Å². The summed E-state index contributed by atoms with van der Waals surface area (Å²) in [6.07, 6.45) is 14.0. The van der Waals surface area contributed by atoms with Crippen LogP contribution in [0.4, 0.5) is 8.78 Å². The summed E-state index contributed by atoms with van der Waals surface area (Å²) in [7, 11) is 0. The fourth-order valence-electron chi connectivity index (χ4n) is 3.74. The van der Waals surface area contributed by atoms with Crippen molar-refractivity contribution in [1.82, 2.24) is 9.97 Å². The number of fused-ring (bicyclic) bond motifs is 1. The molecule has 3 rings (SSSR count). The normalized spacial score (nSPS) is 12.3. The van der Waals surface area contributed by atoms with E-state index in [9.17, 15) is 8.78 Å². The highest BCUT2D eigenvalue weighted by molar-refractivity contribution is 5.84. The van der Waals surface area contributed by atoms with E-state index in [4.69, 9.17) is 9.47 Å². The molecule has 1 heterocycles. The Hall–Kier alpha value is -3.12. The molecule has 0 aliphatic carbocycles. The fraction of sp³-hybridized carbons (Fsp3) is 0.379. The highest BCUT2D eigenvalue weighted by Crippen LogP contribution is 2.31. The van der Waals surface area contributed by atoms with Crippen molar-refractivity contribution in [2.75, 3.05) is 13.2 Å². The van der Waals surface area contributed by atoms with Crippen molar-refractivity contribution >= 4 is 17.0 Å². The minimum Gasteiger partial charge on any atom is -0.486 e. The van der Waals surface area contributed by atoms with E-state index in [2.05, 4.69) is 36.5 Å². The molecule has 0 aliphatic heterocycles. The fourth-order valence-corrected chi connectivity index (χ4v) is 3.74. The van der Waals surface area contributed by atoms with Crippen LogP contribution in [0.15, 0.2) is 55.3 Å². The first-order valence-electron chi connectivity index (χ1n) is 12.3. The Morgan fingerprint density at radius 1 is 1.09 bits per heavy atom. The van der Waals surface area contributed by atoms with Gasteiger partial charge in [0.25, 0.3) is 0 Å². The predicted octanol–water partition coefficient (Wildman–Crippen LogP) is 7.92. The van der Waals surface area contributed by atoms with Crippen LogP contribution in [0, 0.1) is 11.6 Å². The zero-order chi connectivity index (χ0) is 25.0. The van der Waals surface area contributed by atoms with Gasteiger partial charge in [0.05, 0.1) is 11.6 Å². The summed E-state index contributed by atoms with van der Waals surface area (Å²) in [5, 5.41) is 0.750. The highest BCUT2D eigenvalue weighted by atomic mass is 19.2. The first-order chi connectivity index (χ1) is 17.0. The van der Waals surface area contributed by atoms with E-state index in [0.29, 0.717) is 11.4 Å². The lowest BCUT2D eigenvalue weighted by atomic mass is 10.0. The average Bonchev–Trinajstić information content (AvgIpc) is 2.87. The van der Waals surface area contributed by atoms with Gasteiger partial charge in [0, 0.05) is 23.8 Å². The molecular formula is C29H34F2N2O2. The van der Waals surface area contributed by atoms with Crippen LogP contribution >= 0.6 is 0 Å². The zero-order valence-corrected chi connectivity index (χ0v) is 20.6. The van der Waals surface area contributed by atoms with Crippen molar-refractivity contribution in [2.24, 2.45) is 0 Å². The van der Waals surface area contributed by atoms with E-state index in [1.807, 2.05) is 6.08 Å². The van der Waals surface area contributed by atoms with Crippen LogP contribution in [0.1, 0.15) is 58.2 Å². The number of hydrogen-bond donors (Lipinski definition) is 0. The third kappa shape index (κ3) is 7.69. The molecule has 2 aromatic carbocycles. The van der Waals surface area contributed by atoms with Crippen molar-refractivity contribution in [3.05, 3.63) is 72.7 Å². The predicted molar refractivity (Wildman–Crippen MR) is 138 cm³/mol. The molecule has 0 radical (unpaired) electrons. The summed E-state index contributed by atoms with van der Waals surface area (Å²) in [4.78, 5) is 8.97. The highest BCUT2D eigenvalue weighted by Gasteiger charge is 2.16. The minimum absolute atomic E-state index is 0.104. The molecule has 0 saturated heterocycles. The molecule has 6 heteroatoms. The maximum atomic E-state index is 14.7. The summed E-state index contributed by atoms with van der Waals surface area (Å²) in [6.45, 7) is 8.77. The second-order valence-electron chi connectivity index (χ2n) is 8.56. The molecule has 0 fully saturated rings. The van der Waals surface area contributed by atoms with Crippen LogP contribution in [0.25, 0.3) is 28.1 Å². The van der Waals surface area contributed by atoms with Crippen molar-refractivity contribution in [3.8, 4) is 16.9 Å². The van der Waals surface area contributed by atoms with Crippen LogP contribution in [-0.4, -0.2) is 29.3 Å². The molecule has 0 bridgehead atoms. The van der Waals surface area contributed by atoms with Crippen LogP contribution in [0.3, 0.4) is 0 Å². The Bertz CT molecular complexity index is 1150. The number of unbranched alkanes of at least 4 members (excludes halogenated alkanes) is 3. The third-order valence-corrected chi connectivity index (χ3v) is 5.71. The average molecular weight is 481 g/mol. The monoisotopic (exact) mass is 480 g/mol. The Balaban J connectivity index is 1.59. The minimum atomic E-state index is -1.02. The zero-order valence-electron chi connectivity index (χ0n) is 20.6. The number of rotatable bonds is 14. The van der Waals surface area contributed by atoms with E-state index in [-0.39, 0.29) is 24.0 Å². The lowest BCUT2D eigenvalue weighted by Crippen LogP contribution is -2.08. The van der Waals surface area contributed by atoms with Crippen LogP contribution in [0.5, 0.6) is 5.75 Å². The molecular weight excluding hydrogens is 446 g/mol. The SMILES string of the molecule is C=CCOc1ccc(-c2ccc3nc(/C=C/CCCC(C)OCCCCC)ncc3c2)c(F)c1F. The van der Waals surface area contributed by atoms with Crippen molar-refractivity contribution in [1.29, 1.82) is 0 Å².